The van der Waals surface area contributed by atoms with Crippen molar-refractivity contribution in [1.29, 1.82) is 0 Å². The van der Waals surface area contributed by atoms with Gasteiger partial charge in [-0.3, -0.25) is 4.79 Å². The van der Waals surface area contributed by atoms with Crippen molar-refractivity contribution in [3.8, 4) is 5.69 Å². The average Bonchev–Trinajstić information content (AvgIpc) is 2.89. The van der Waals surface area contributed by atoms with Crippen molar-refractivity contribution in [2.45, 2.75) is 27.7 Å². The second kappa shape index (κ2) is 7.40. The lowest BCUT2D eigenvalue weighted by atomic mass is 10.1. The number of nitrogens with one attached hydrogen (secondary N) is 1. The second-order valence-electron chi connectivity index (χ2n) is 6.51. The van der Waals surface area contributed by atoms with Crippen LogP contribution < -0.4 is 5.43 Å². The number of rotatable bonds is 4. The zero-order valence-corrected chi connectivity index (χ0v) is 15.6. The molecule has 26 heavy (non-hydrogen) atoms. The molecule has 3 aromatic rings. The van der Waals surface area contributed by atoms with Crippen LogP contribution in [-0.4, -0.2) is 16.7 Å². The van der Waals surface area contributed by atoms with E-state index in [1.54, 1.807) is 12.3 Å². The maximum absolute atomic E-state index is 12.2. The number of carbonyl (C=O) groups excluding carboxylic acids is 1. The van der Waals surface area contributed by atoms with E-state index in [1.165, 1.54) is 5.56 Å². The molecule has 3 rings (SSSR count). The highest BCUT2D eigenvalue weighted by molar-refractivity contribution is 5.96. The van der Waals surface area contributed by atoms with Crippen LogP contribution in [0.1, 0.15) is 38.4 Å². The summed E-state index contributed by atoms with van der Waals surface area (Å²) in [6.07, 6.45) is 1.70. The van der Waals surface area contributed by atoms with E-state index in [1.807, 2.05) is 25.1 Å². The van der Waals surface area contributed by atoms with Crippen molar-refractivity contribution < 1.29 is 4.79 Å². The molecular weight excluding hydrogens is 322 g/mol. The van der Waals surface area contributed by atoms with Crippen molar-refractivity contribution in [1.82, 2.24) is 9.99 Å². The minimum absolute atomic E-state index is 0.202. The van der Waals surface area contributed by atoms with Gasteiger partial charge in [0.15, 0.2) is 0 Å². The Morgan fingerprint density at radius 3 is 2.50 bits per heavy atom. The molecule has 2 aromatic carbocycles. The quantitative estimate of drug-likeness (QED) is 0.550. The van der Waals surface area contributed by atoms with E-state index in [4.69, 9.17) is 0 Å². The highest BCUT2D eigenvalue weighted by atomic mass is 16.2. The Balaban J connectivity index is 1.81. The largest absolute Gasteiger partial charge is 0.318 e. The lowest BCUT2D eigenvalue weighted by Crippen LogP contribution is -2.18. The van der Waals surface area contributed by atoms with Gasteiger partial charge in [-0.25, -0.2) is 5.43 Å². The van der Waals surface area contributed by atoms with Gasteiger partial charge in [0.05, 0.1) is 6.21 Å². The molecule has 0 unspecified atom stereocenters. The van der Waals surface area contributed by atoms with Gasteiger partial charge in [0.25, 0.3) is 5.91 Å². The number of aryl methyl sites for hydroxylation is 3. The Morgan fingerprint density at radius 2 is 1.77 bits per heavy atom. The first-order chi connectivity index (χ1) is 12.5. The molecule has 0 radical (unpaired) electrons. The lowest BCUT2D eigenvalue weighted by Gasteiger charge is -2.10. The van der Waals surface area contributed by atoms with Gasteiger partial charge in [-0.1, -0.05) is 30.3 Å². The summed E-state index contributed by atoms with van der Waals surface area (Å²) in [7, 11) is 0. The van der Waals surface area contributed by atoms with E-state index in [9.17, 15) is 4.79 Å². The third kappa shape index (κ3) is 3.59. The van der Waals surface area contributed by atoms with Gasteiger partial charge in [0.2, 0.25) is 0 Å². The van der Waals surface area contributed by atoms with Crippen LogP contribution in [0.4, 0.5) is 0 Å². The minimum atomic E-state index is -0.202. The summed E-state index contributed by atoms with van der Waals surface area (Å²) in [4.78, 5) is 12.2. The standard InChI is InChI=1S/C22H23N3O/c1-15-8-7-10-20(12-15)25-17(3)13-19(18(25)4)14-23-24-22(26)21-11-6-5-9-16(21)2/h5-14H,1-4H3,(H,24,26)/b23-14-. The SMILES string of the molecule is Cc1cccc(-n2c(C)cc(/C=N\NC(=O)c3ccccc3C)c2C)c1. The summed E-state index contributed by atoms with van der Waals surface area (Å²) in [6, 6.07) is 17.9. The van der Waals surface area contributed by atoms with Gasteiger partial charge in [-0.05, 0) is 63.1 Å². The van der Waals surface area contributed by atoms with Gasteiger partial charge < -0.3 is 4.57 Å². The highest BCUT2D eigenvalue weighted by Crippen LogP contribution is 2.20. The predicted octanol–water partition coefficient (Wildman–Crippen LogP) is 4.47. The molecule has 0 atom stereocenters. The normalized spacial score (nSPS) is 11.1. The first-order valence-electron chi connectivity index (χ1n) is 8.62. The Morgan fingerprint density at radius 1 is 1.00 bits per heavy atom. The maximum Gasteiger partial charge on any atom is 0.271 e. The summed E-state index contributed by atoms with van der Waals surface area (Å²) >= 11 is 0. The molecule has 0 saturated heterocycles. The molecule has 1 amide bonds. The number of hydrogen-bond acceptors (Lipinski definition) is 2. The molecular formula is C22H23N3O. The van der Waals surface area contributed by atoms with Crippen LogP contribution >= 0.6 is 0 Å². The van der Waals surface area contributed by atoms with Crippen molar-refractivity contribution in [2.75, 3.05) is 0 Å². The first kappa shape index (κ1) is 17.7. The zero-order chi connectivity index (χ0) is 18.7. The zero-order valence-electron chi connectivity index (χ0n) is 15.6. The topological polar surface area (TPSA) is 46.4 Å². The Kier molecular flexibility index (Phi) is 5.03. The summed E-state index contributed by atoms with van der Waals surface area (Å²) in [5.41, 5.74) is 9.71. The highest BCUT2D eigenvalue weighted by Gasteiger charge is 2.10. The molecule has 0 aliphatic heterocycles. The Labute approximate surface area is 154 Å². The second-order valence-corrected chi connectivity index (χ2v) is 6.51. The lowest BCUT2D eigenvalue weighted by molar-refractivity contribution is 0.0954. The summed E-state index contributed by atoms with van der Waals surface area (Å²) in [5.74, 6) is -0.202. The van der Waals surface area contributed by atoms with Crippen LogP contribution in [0.5, 0.6) is 0 Å². The Hall–Kier alpha value is -3.14. The third-order valence-electron chi connectivity index (χ3n) is 4.49. The molecule has 1 N–H and O–H groups in total. The van der Waals surface area contributed by atoms with E-state index in [0.29, 0.717) is 5.56 Å². The van der Waals surface area contributed by atoms with Crippen molar-refractivity contribution >= 4 is 12.1 Å². The number of amides is 1. The van der Waals surface area contributed by atoms with Crippen LogP contribution in [0.2, 0.25) is 0 Å². The monoisotopic (exact) mass is 345 g/mol. The molecule has 0 saturated carbocycles. The molecule has 4 heteroatoms. The van der Waals surface area contributed by atoms with Gasteiger partial charge in [0, 0.05) is 28.2 Å². The van der Waals surface area contributed by atoms with Gasteiger partial charge in [-0.2, -0.15) is 5.10 Å². The number of hydrazone groups is 1. The number of benzene rings is 2. The fourth-order valence-corrected chi connectivity index (χ4v) is 3.13. The van der Waals surface area contributed by atoms with E-state index < -0.39 is 0 Å². The average molecular weight is 345 g/mol. The molecule has 1 heterocycles. The fourth-order valence-electron chi connectivity index (χ4n) is 3.13. The molecule has 0 bridgehead atoms. The molecule has 4 nitrogen and oxygen atoms in total. The first-order valence-corrected chi connectivity index (χ1v) is 8.62. The van der Waals surface area contributed by atoms with Crippen LogP contribution in [0.25, 0.3) is 5.69 Å². The van der Waals surface area contributed by atoms with E-state index in [2.05, 4.69) is 66.2 Å². The van der Waals surface area contributed by atoms with Crippen LogP contribution in [-0.2, 0) is 0 Å². The Bertz CT molecular complexity index is 983. The molecule has 0 aliphatic carbocycles. The molecule has 0 aliphatic rings. The van der Waals surface area contributed by atoms with Gasteiger partial charge in [-0.15, -0.1) is 0 Å². The molecule has 132 valence electrons. The van der Waals surface area contributed by atoms with Crippen LogP contribution in [0, 0.1) is 27.7 Å². The minimum Gasteiger partial charge on any atom is -0.318 e. The van der Waals surface area contributed by atoms with Crippen LogP contribution in [0.3, 0.4) is 0 Å². The van der Waals surface area contributed by atoms with Crippen LogP contribution in [0.15, 0.2) is 59.7 Å². The number of carbonyl (C=O) groups is 1. The van der Waals surface area contributed by atoms with Crippen molar-refractivity contribution in [3.63, 3.8) is 0 Å². The summed E-state index contributed by atoms with van der Waals surface area (Å²) in [5, 5.41) is 4.15. The third-order valence-corrected chi connectivity index (χ3v) is 4.49. The molecule has 1 aromatic heterocycles. The number of nitrogens with zero attached hydrogens (tertiary/aromatic N) is 2. The fraction of sp³-hybridized carbons (Fsp3) is 0.182. The van der Waals surface area contributed by atoms with E-state index >= 15 is 0 Å². The van der Waals surface area contributed by atoms with E-state index in [-0.39, 0.29) is 5.91 Å². The summed E-state index contributed by atoms with van der Waals surface area (Å²) < 4.78 is 2.19. The smallest absolute Gasteiger partial charge is 0.271 e. The van der Waals surface area contributed by atoms with E-state index in [0.717, 1.165) is 28.2 Å². The molecule has 0 fully saturated rings. The maximum atomic E-state index is 12.2. The van der Waals surface area contributed by atoms with Crippen molar-refractivity contribution in [3.05, 3.63) is 88.2 Å². The van der Waals surface area contributed by atoms with Crippen molar-refractivity contribution in [2.24, 2.45) is 5.10 Å². The van der Waals surface area contributed by atoms with Gasteiger partial charge >= 0.3 is 0 Å². The number of hydrogen-bond donors (Lipinski definition) is 1. The summed E-state index contributed by atoms with van der Waals surface area (Å²) in [6.45, 7) is 8.12. The van der Waals surface area contributed by atoms with Gasteiger partial charge in [0.1, 0.15) is 0 Å². The molecule has 0 spiro atoms. The predicted molar refractivity (Wildman–Crippen MR) is 106 cm³/mol. The number of aromatic nitrogens is 1.